The summed E-state index contributed by atoms with van der Waals surface area (Å²) in [6.45, 7) is 0.0974. The minimum Gasteiger partial charge on any atom is -0.493 e. The molecule has 0 saturated carbocycles. The summed E-state index contributed by atoms with van der Waals surface area (Å²) >= 11 is 0. The third-order valence-electron chi connectivity index (χ3n) is 5.78. The zero-order chi connectivity index (χ0) is 25.4. The number of hydrogen-bond acceptors (Lipinski definition) is 8. The maximum absolute atomic E-state index is 14.2. The standard InChI is InChI=1S/C24H17FN4O7/c25-16-7-14(22-15(8-16)11-35-12-36-22)10-28-20-9-17(3-6-19(20)21(27-32)24(28)31)26-23(30)13-1-4-18(5-2-13)29(33)34/h1-9,31H,10-12H2,(H,26,30). The van der Waals surface area contributed by atoms with E-state index in [0.717, 1.165) is 0 Å². The van der Waals surface area contributed by atoms with Crippen LogP contribution in [-0.4, -0.2) is 27.3 Å². The average molecular weight is 492 g/mol. The molecule has 0 saturated heterocycles. The second-order valence-corrected chi connectivity index (χ2v) is 8.00. The summed E-state index contributed by atoms with van der Waals surface area (Å²) in [6.07, 6.45) is 0. The van der Waals surface area contributed by atoms with Crippen LogP contribution in [0.5, 0.6) is 11.6 Å². The molecule has 0 atom stereocenters. The molecule has 2 N–H and O–H groups in total. The molecule has 1 aliphatic rings. The quantitative estimate of drug-likeness (QED) is 0.220. The highest BCUT2D eigenvalue weighted by Crippen LogP contribution is 2.41. The first-order valence-electron chi connectivity index (χ1n) is 10.6. The molecule has 0 spiro atoms. The summed E-state index contributed by atoms with van der Waals surface area (Å²) in [7, 11) is 0. The fourth-order valence-electron chi connectivity index (χ4n) is 4.13. The lowest BCUT2D eigenvalue weighted by atomic mass is 10.1. The third-order valence-corrected chi connectivity index (χ3v) is 5.78. The molecule has 3 aromatic carbocycles. The molecular formula is C24H17FN4O7. The van der Waals surface area contributed by atoms with Crippen LogP contribution >= 0.6 is 0 Å². The Morgan fingerprint density at radius 3 is 2.69 bits per heavy atom. The maximum Gasteiger partial charge on any atom is 0.269 e. The van der Waals surface area contributed by atoms with Gasteiger partial charge in [-0.15, -0.1) is 4.91 Å². The van der Waals surface area contributed by atoms with Gasteiger partial charge in [-0.25, -0.2) is 4.39 Å². The van der Waals surface area contributed by atoms with Crippen molar-refractivity contribution >= 4 is 33.9 Å². The van der Waals surface area contributed by atoms with Crippen molar-refractivity contribution in [3.63, 3.8) is 0 Å². The number of ether oxygens (including phenoxy) is 2. The van der Waals surface area contributed by atoms with Crippen molar-refractivity contribution in [3.8, 4) is 11.6 Å². The van der Waals surface area contributed by atoms with Crippen LogP contribution in [0, 0.1) is 20.8 Å². The first-order valence-corrected chi connectivity index (χ1v) is 10.6. The van der Waals surface area contributed by atoms with Crippen molar-refractivity contribution < 1.29 is 28.7 Å². The second kappa shape index (κ2) is 9.07. The minimum atomic E-state index is -0.567. The number of halogens is 1. The highest BCUT2D eigenvalue weighted by Gasteiger charge is 2.22. The summed E-state index contributed by atoms with van der Waals surface area (Å²) < 4.78 is 26.4. The van der Waals surface area contributed by atoms with Crippen LogP contribution in [0.1, 0.15) is 21.5 Å². The van der Waals surface area contributed by atoms with Crippen LogP contribution in [0.25, 0.3) is 10.9 Å². The normalized spacial score (nSPS) is 12.6. The monoisotopic (exact) mass is 492 g/mol. The van der Waals surface area contributed by atoms with Gasteiger partial charge in [0.2, 0.25) is 5.88 Å². The molecule has 0 fully saturated rings. The second-order valence-electron chi connectivity index (χ2n) is 8.00. The van der Waals surface area contributed by atoms with E-state index in [2.05, 4.69) is 10.5 Å². The Morgan fingerprint density at radius 1 is 1.19 bits per heavy atom. The highest BCUT2D eigenvalue weighted by atomic mass is 19.1. The van der Waals surface area contributed by atoms with Gasteiger partial charge < -0.3 is 24.5 Å². The van der Waals surface area contributed by atoms with E-state index >= 15 is 0 Å². The maximum atomic E-state index is 14.2. The van der Waals surface area contributed by atoms with Gasteiger partial charge in [-0.3, -0.25) is 14.9 Å². The van der Waals surface area contributed by atoms with Gasteiger partial charge in [0.1, 0.15) is 11.6 Å². The van der Waals surface area contributed by atoms with E-state index in [0.29, 0.717) is 33.5 Å². The molecule has 182 valence electrons. The molecular weight excluding hydrogens is 475 g/mol. The fraction of sp³-hybridized carbons (Fsp3) is 0.125. The lowest BCUT2D eigenvalue weighted by Crippen LogP contribution is -2.15. The van der Waals surface area contributed by atoms with Crippen LogP contribution in [0.2, 0.25) is 0 Å². The number of anilines is 1. The molecule has 1 aromatic heterocycles. The number of hydrogen-bond donors (Lipinski definition) is 2. The zero-order valence-electron chi connectivity index (χ0n) is 18.4. The molecule has 12 heteroatoms. The van der Waals surface area contributed by atoms with E-state index in [1.54, 1.807) is 0 Å². The summed E-state index contributed by atoms with van der Waals surface area (Å²) in [6, 6.07) is 12.2. The number of rotatable bonds is 6. The van der Waals surface area contributed by atoms with E-state index in [-0.39, 0.29) is 36.9 Å². The van der Waals surface area contributed by atoms with Gasteiger partial charge in [-0.2, -0.15) is 0 Å². The van der Waals surface area contributed by atoms with Gasteiger partial charge in [0, 0.05) is 39.9 Å². The van der Waals surface area contributed by atoms with Gasteiger partial charge in [0.15, 0.2) is 12.5 Å². The highest BCUT2D eigenvalue weighted by molar-refractivity contribution is 6.06. The molecule has 36 heavy (non-hydrogen) atoms. The molecule has 1 aliphatic heterocycles. The zero-order valence-corrected chi connectivity index (χ0v) is 18.4. The Bertz CT molecular complexity index is 1530. The lowest BCUT2D eigenvalue weighted by Gasteiger charge is -2.21. The largest absolute Gasteiger partial charge is 0.493 e. The number of fused-ring (bicyclic) bond motifs is 2. The molecule has 2 heterocycles. The molecule has 0 bridgehead atoms. The van der Waals surface area contributed by atoms with Gasteiger partial charge in [-0.1, -0.05) is 0 Å². The van der Waals surface area contributed by atoms with Crippen LogP contribution < -0.4 is 10.1 Å². The Labute approximate surface area is 201 Å². The van der Waals surface area contributed by atoms with E-state index in [1.807, 2.05) is 0 Å². The SMILES string of the molecule is O=Nc1c(O)n(Cc2cc(F)cc3c2OCOC3)c2cc(NC(=O)c3ccc([N+](=O)[O-])cc3)ccc12. The average Bonchev–Trinajstić information content (AvgIpc) is 3.13. The molecule has 4 aromatic rings. The number of benzene rings is 3. The van der Waals surface area contributed by atoms with E-state index in [1.165, 1.54) is 59.2 Å². The van der Waals surface area contributed by atoms with Gasteiger partial charge in [0.25, 0.3) is 11.6 Å². The van der Waals surface area contributed by atoms with E-state index in [4.69, 9.17) is 9.47 Å². The summed E-state index contributed by atoms with van der Waals surface area (Å²) in [5.74, 6) is -1.04. The summed E-state index contributed by atoms with van der Waals surface area (Å²) in [5.41, 5.74) is 1.45. The van der Waals surface area contributed by atoms with Crippen LogP contribution in [-0.2, 0) is 17.9 Å². The number of non-ortho nitro benzene ring substituents is 1. The number of nitrogens with zero attached hydrogens (tertiary/aromatic N) is 3. The third kappa shape index (κ3) is 4.09. The van der Waals surface area contributed by atoms with Crippen molar-refractivity contribution in [2.45, 2.75) is 13.2 Å². The molecule has 5 rings (SSSR count). The first-order chi connectivity index (χ1) is 17.4. The summed E-state index contributed by atoms with van der Waals surface area (Å²) in [5, 5.41) is 27.5. The molecule has 11 nitrogen and oxygen atoms in total. The van der Waals surface area contributed by atoms with E-state index < -0.39 is 22.5 Å². The fourth-order valence-corrected chi connectivity index (χ4v) is 4.13. The Kier molecular flexibility index (Phi) is 5.78. The number of nitrogens with one attached hydrogen (secondary N) is 1. The number of carbonyl (C=O) groups excluding carboxylic acids is 1. The van der Waals surface area contributed by atoms with Gasteiger partial charge in [-0.05, 0) is 47.6 Å². The number of carbonyl (C=O) groups is 1. The van der Waals surface area contributed by atoms with E-state index in [9.17, 15) is 29.3 Å². The number of nitro groups is 1. The number of aromatic hydroxyl groups is 1. The smallest absolute Gasteiger partial charge is 0.269 e. The van der Waals surface area contributed by atoms with Crippen molar-refractivity contribution in [1.82, 2.24) is 4.57 Å². The van der Waals surface area contributed by atoms with Crippen molar-refractivity contribution in [3.05, 3.63) is 92.1 Å². The summed E-state index contributed by atoms with van der Waals surface area (Å²) in [4.78, 5) is 34.4. The predicted octanol–water partition coefficient (Wildman–Crippen LogP) is 4.96. The minimum absolute atomic E-state index is 0.00991. The van der Waals surface area contributed by atoms with Crippen LogP contribution in [0.4, 0.5) is 21.5 Å². The first kappa shape index (κ1) is 22.9. The van der Waals surface area contributed by atoms with Crippen molar-refractivity contribution in [2.75, 3.05) is 12.1 Å². The number of aromatic nitrogens is 1. The molecule has 1 amide bonds. The Balaban J connectivity index is 1.51. The predicted molar refractivity (Wildman–Crippen MR) is 126 cm³/mol. The number of nitroso groups, excluding NO2 is 1. The molecule has 0 unspecified atom stereocenters. The Morgan fingerprint density at radius 2 is 1.97 bits per heavy atom. The number of amides is 1. The molecule has 0 aliphatic carbocycles. The van der Waals surface area contributed by atoms with Gasteiger partial charge >= 0.3 is 0 Å². The lowest BCUT2D eigenvalue weighted by molar-refractivity contribution is -0.384. The Hall–Kier alpha value is -4.84. The van der Waals surface area contributed by atoms with Gasteiger partial charge in [0.05, 0.1) is 23.6 Å². The molecule has 0 radical (unpaired) electrons. The van der Waals surface area contributed by atoms with Crippen LogP contribution in [0.3, 0.4) is 0 Å². The van der Waals surface area contributed by atoms with Crippen molar-refractivity contribution in [2.24, 2.45) is 5.18 Å². The topological polar surface area (TPSA) is 145 Å². The number of nitro benzene ring substituents is 1. The van der Waals surface area contributed by atoms with Crippen LogP contribution in [0.15, 0.2) is 59.8 Å². The van der Waals surface area contributed by atoms with Crippen molar-refractivity contribution in [1.29, 1.82) is 0 Å².